The van der Waals surface area contributed by atoms with E-state index >= 15 is 0 Å². The summed E-state index contributed by atoms with van der Waals surface area (Å²) >= 11 is 0. The lowest BCUT2D eigenvalue weighted by atomic mass is 10.1. The molecule has 0 bridgehead atoms. The van der Waals surface area contributed by atoms with Gasteiger partial charge in [0.25, 0.3) is 21.8 Å². The van der Waals surface area contributed by atoms with Gasteiger partial charge in [0.1, 0.15) is 5.75 Å². The van der Waals surface area contributed by atoms with Gasteiger partial charge in [-0.1, -0.05) is 18.2 Å². The summed E-state index contributed by atoms with van der Waals surface area (Å²) in [5.41, 5.74) is 3.02. The summed E-state index contributed by atoms with van der Waals surface area (Å²) in [6.07, 6.45) is 0.503. The first-order valence-corrected chi connectivity index (χ1v) is 12.2. The van der Waals surface area contributed by atoms with E-state index in [4.69, 9.17) is 0 Å². The fraction of sp³-hybridized carbons (Fsp3) is 0.200. The number of rotatable bonds is 9. The molecular formula is C25H27N3O5S. The maximum atomic E-state index is 12.7. The maximum Gasteiger partial charge on any atom is 0.261 e. The molecule has 0 radical (unpaired) electrons. The van der Waals surface area contributed by atoms with Crippen LogP contribution in [-0.2, 0) is 10.0 Å². The molecule has 178 valence electrons. The molecule has 0 atom stereocenters. The number of aromatic hydroxyl groups is 1. The fourth-order valence-corrected chi connectivity index (χ4v) is 4.32. The van der Waals surface area contributed by atoms with Crippen molar-refractivity contribution in [3.05, 3.63) is 89.0 Å². The molecule has 9 heteroatoms. The van der Waals surface area contributed by atoms with Crippen LogP contribution in [-0.4, -0.2) is 38.4 Å². The number of carbonyl (C=O) groups is 2. The molecule has 3 aromatic carbocycles. The minimum Gasteiger partial charge on any atom is -0.508 e. The zero-order valence-electron chi connectivity index (χ0n) is 19.0. The van der Waals surface area contributed by atoms with Gasteiger partial charge in [0.05, 0.1) is 10.6 Å². The van der Waals surface area contributed by atoms with Crippen LogP contribution >= 0.6 is 0 Å². The molecule has 0 aliphatic heterocycles. The fourth-order valence-electron chi connectivity index (χ4n) is 3.19. The van der Waals surface area contributed by atoms with Crippen LogP contribution in [0.5, 0.6) is 5.75 Å². The number of carbonyl (C=O) groups excluding carboxylic acids is 2. The number of benzene rings is 3. The summed E-state index contributed by atoms with van der Waals surface area (Å²) in [6.45, 7) is 4.42. The van der Waals surface area contributed by atoms with E-state index < -0.39 is 10.0 Å². The van der Waals surface area contributed by atoms with Gasteiger partial charge in [0, 0.05) is 24.2 Å². The molecule has 0 saturated heterocycles. The summed E-state index contributed by atoms with van der Waals surface area (Å²) in [7, 11) is -3.79. The predicted molar refractivity (Wildman–Crippen MR) is 131 cm³/mol. The molecule has 2 amide bonds. The number of aryl methyl sites for hydroxylation is 1. The lowest BCUT2D eigenvalue weighted by Gasteiger charge is -2.12. The third-order valence-electron chi connectivity index (χ3n) is 5.31. The van der Waals surface area contributed by atoms with Gasteiger partial charge in [-0.3, -0.25) is 14.3 Å². The number of phenolic OH excluding ortho intramolecular Hbond substituents is 1. The molecular weight excluding hydrogens is 454 g/mol. The Labute approximate surface area is 199 Å². The lowest BCUT2D eigenvalue weighted by molar-refractivity contribution is 0.0951. The Balaban J connectivity index is 1.49. The SMILES string of the molecule is Cc1cccc(NS(=O)(=O)c2ccc(C(=O)NCCCNC(=O)c3cccc(O)c3)cc2)c1C. The number of sulfonamides is 1. The number of nitrogens with one attached hydrogen (secondary N) is 3. The number of phenols is 1. The van der Waals surface area contributed by atoms with E-state index in [9.17, 15) is 23.1 Å². The lowest BCUT2D eigenvalue weighted by Crippen LogP contribution is -2.29. The molecule has 8 nitrogen and oxygen atoms in total. The molecule has 0 aromatic heterocycles. The van der Waals surface area contributed by atoms with Crippen molar-refractivity contribution < 1.29 is 23.1 Å². The van der Waals surface area contributed by atoms with Crippen molar-refractivity contribution in [3.63, 3.8) is 0 Å². The van der Waals surface area contributed by atoms with Crippen LogP contribution < -0.4 is 15.4 Å². The average molecular weight is 482 g/mol. The molecule has 34 heavy (non-hydrogen) atoms. The topological polar surface area (TPSA) is 125 Å². The molecule has 0 heterocycles. The van der Waals surface area contributed by atoms with Gasteiger partial charge in [-0.25, -0.2) is 8.42 Å². The molecule has 0 aliphatic carbocycles. The van der Waals surface area contributed by atoms with Gasteiger partial charge in [-0.2, -0.15) is 0 Å². The Hall–Kier alpha value is -3.85. The third kappa shape index (κ3) is 6.35. The van der Waals surface area contributed by atoms with Gasteiger partial charge < -0.3 is 15.7 Å². The molecule has 0 spiro atoms. The van der Waals surface area contributed by atoms with Crippen LogP contribution in [0.4, 0.5) is 5.69 Å². The summed E-state index contributed by atoms with van der Waals surface area (Å²) in [4.78, 5) is 24.4. The largest absolute Gasteiger partial charge is 0.508 e. The molecule has 0 aliphatic rings. The quantitative estimate of drug-likeness (QED) is 0.349. The Bertz CT molecular complexity index is 1290. The van der Waals surface area contributed by atoms with Crippen molar-refractivity contribution in [1.82, 2.24) is 10.6 Å². The number of amides is 2. The molecule has 0 saturated carbocycles. The highest BCUT2D eigenvalue weighted by Crippen LogP contribution is 2.22. The van der Waals surface area contributed by atoms with Crippen molar-refractivity contribution in [3.8, 4) is 5.75 Å². The normalized spacial score (nSPS) is 11.0. The molecule has 0 fully saturated rings. The Morgan fingerprint density at radius 2 is 1.44 bits per heavy atom. The summed E-state index contributed by atoms with van der Waals surface area (Å²) < 4.78 is 28.0. The van der Waals surface area contributed by atoms with Crippen molar-refractivity contribution in [2.45, 2.75) is 25.2 Å². The summed E-state index contributed by atoms with van der Waals surface area (Å²) in [5, 5.41) is 14.9. The second-order valence-electron chi connectivity index (χ2n) is 7.79. The van der Waals surface area contributed by atoms with Gasteiger partial charge in [-0.15, -0.1) is 0 Å². The van der Waals surface area contributed by atoms with Crippen molar-refractivity contribution >= 4 is 27.5 Å². The van der Waals surface area contributed by atoms with Crippen molar-refractivity contribution in [2.24, 2.45) is 0 Å². The third-order valence-corrected chi connectivity index (χ3v) is 6.69. The number of hydrogen-bond acceptors (Lipinski definition) is 5. The maximum absolute atomic E-state index is 12.7. The molecule has 4 N–H and O–H groups in total. The Morgan fingerprint density at radius 1 is 0.824 bits per heavy atom. The summed E-state index contributed by atoms with van der Waals surface area (Å²) in [5.74, 6) is -0.640. The van der Waals surface area contributed by atoms with Crippen LogP contribution in [0, 0.1) is 13.8 Å². The predicted octanol–water partition coefficient (Wildman–Crippen LogP) is 3.36. The van der Waals surface area contributed by atoms with Gasteiger partial charge in [0.2, 0.25) is 0 Å². The van der Waals surface area contributed by atoms with E-state index in [2.05, 4.69) is 15.4 Å². The monoisotopic (exact) mass is 481 g/mol. The standard InChI is InChI=1S/C25H27N3O5S/c1-17-6-3-9-23(18(17)2)28-34(32,33)22-12-10-19(11-13-22)24(30)26-14-5-15-27-25(31)20-7-4-8-21(29)16-20/h3-4,6-13,16,28-29H,5,14-15H2,1-2H3,(H,26,30)(H,27,31). The van der Waals surface area contributed by atoms with Gasteiger partial charge in [-0.05, 0) is 79.9 Å². The second kappa shape index (κ2) is 10.8. The minimum atomic E-state index is -3.79. The van der Waals surface area contributed by atoms with Gasteiger partial charge in [0.15, 0.2) is 0 Å². The van der Waals surface area contributed by atoms with E-state index in [1.807, 2.05) is 19.9 Å². The van der Waals surface area contributed by atoms with Crippen LogP contribution in [0.3, 0.4) is 0 Å². The van der Waals surface area contributed by atoms with Gasteiger partial charge >= 0.3 is 0 Å². The Kier molecular flexibility index (Phi) is 7.91. The molecule has 0 unspecified atom stereocenters. The highest BCUT2D eigenvalue weighted by Gasteiger charge is 2.16. The van der Waals surface area contributed by atoms with E-state index in [0.717, 1.165) is 11.1 Å². The molecule has 3 rings (SSSR count). The highest BCUT2D eigenvalue weighted by molar-refractivity contribution is 7.92. The van der Waals surface area contributed by atoms with Crippen LogP contribution in [0.2, 0.25) is 0 Å². The second-order valence-corrected chi connectivity index (χ2v) is 9.48. The Morgan fingerprint density at radius 3 is 2.09 bits per heavy atom. The van der Waals surface area contributed by atoms with Crippen LogP contribution in [0.25, 0.3) is 0 Å². The van der Waals surface area contributed by atoms with E-state index in [-0.39, 0.29) is 22.5 Å². The number of hydrogen-bond donors (Lipinski definition) is 4. The zero-order chi connectivity index (χ0) is 24.7. The van der Waals surface area contributed by atoms with Crippen LogP contribution in [0.15, 0.2) is 71.6 Å². The molecule has 3 aromatic rings. The first-order valence-electron chi connectivity index (χ1n) is 10.7. The first kappa shape index (κ1) is 24.8. The first-order chi connectivity index (χ1) is 16.2. The van der Waals surface area contributed by atoms with Crippen molar-refractivity contribution in [2.75, 3.05) is 17.8 Å². The highest BCUT2D eigenvalue weighted by atomic mass is 32.2. The van der Waals surface area contributed by atoms with E-state index in [1.165, 1.54) is 36.4 Å². The van der Waals surface area contributed by atoms with E-state index in [1.54, 1.807) is 24.3 Å². The summed E-state index contributed by atoms with van der Waals surface area (Å²) in [6, 6.07) is 17.1. The smallest absolute Gasteiger partial charge is 0.261 e. The van der Waals surface area contributed by atoms with Crippen molar-refractivity contribution in [1.29, 1.82) is 0 Å². The minimum absolute atomic E-state index is 0.0137. The number of anilines is 1. The van der Waals surface area contributed by atoms with E-state index in [0.29, 0.717) is 36.3 Å². The average Bonchev–Trinajstić information content (AvgIpc) is 2.81. The van der Waals surface area contributed by atoms with Crippen LogP contribution in [0.1, 0.15) is 38.3 Å². The zero-order valence-corrected chi connectivity index (χ0v) is 19.8.